The number of hydrogen-bond donors (Lipinski definition) is 2. The molecule has 1 aliphatic rings. The summed E-state index contributed by atoms with van der Waals surface area (Å²) >= 11 is 1.27. The van der Waals surface area contributed by atoms with Gasteiger partial charge in [0.1, 0.15) is 0 Å². The molecule has 4 N–H and O–H groups in total. The number of rotatable bonds is 3. The topological polar surface area (TPSA) is 111 Å². The van der Waals surface area contributed by atoms with Crippen LogP contribution in [-0.2, 0) is 4.79 Å². The molecule has 1 saturated heterocycles. The van der Waals surface area contributed by atoms with Crippen molar-refractivity contribution in [2.24, 2.45) is 0 Å². The van der Waals surface area contributed by atoms with Gasteiger partial charge in [-0.25, -0.2) is 0 Å². The summed E-state index contributed by atoms with van der Waals surface area (Å²) in [5.74, 6) is 0.276. The van der Waals surface area contributed by atoms with Crippen LogP contribution in [0, 0.1) is 0 Å². The van der Waals surface area contributed by atoms with Crippen LogP contribution in [0.1, 0.15) is 32.6 Å². The minimum Gasteiger partial charge on any atom is -0.368 e. The van der Waals surface area contributed by atoms with Crippen LogP contribution >= 0.6 is 11.8 Å². The zero-order chi connectivity index (χ0) is 14.5. The summed E-state index contributed by atoms with van der Waals surface area (Å²) < 4.78 is 0. The highest BCUT2D eigenvalue weighted by molar-refractivity contribution is 8.00. The highest BCUT2D eigenvalue weighted by Crippen LogP contribution is 2.23. The van der Waals surface area contributed by atoms with E-state index in [1.54, 1.807) is 0 Å². The molecule has 0 spiro atoms. The van der Waals surface area contributed by atoms with Gasteiger partial charge in [-0.05, 0) is 19.8 Å². The Hall–Kier alpha value is -1.57. The molecule has 0 aliphatic carbocycles. The molecule has 110 valence electrons. The van der Waals surface area contributed by atoms with Gasteiger partial charge in [-0.3, -0.25) is 4.79 Å². The van der Waals surface area contributed by atoms with Gasteiger partial charge in [0, 0.05) is 13.1 Å². The fourth-order valence-electron chi connectivity index (χ4n) is 2.20. The smallest absolute Gasteiger partial charge is 0.235 e. The summed E-state index contributed by atoms with van der Waals surface area (Å²) in [6.07, 6.45) is 4.56. The minimum atomic E-state index is -0.255. The van der Waals surface area contributed by atoms with Crippen molar-refractivity contribution in [1.82, 2.24) is 19.9 Å². The second-order valence-corrected chi connectivity index (χ2v) is 6.14. The Morgan fingerprint density at radius 2 is 1.65 bits per heavy atom. The molecule has 1 fully saturated rings. The lowest BCUT2D eigenvalue weighted by Crippen LogP contribution is -2.37. The number of anilines is 2. The summed E-state index contributed by atoms with van der Waals surface area (Å²) in [5, 5.41) is 0.139. The maximum absolute atomic E-state index is 12.4. The van der Waals surface area contributed by atoms with Gasteiger partial charge >= 0.3 is 0 Å². The van der Waals surface area contributed by atoms with Crippen molar-refractivity contribution in [2.45, 2.75) is 43.0 Å². The standard InChI is InChI=1S/C12H20N6OS/c1-8(9(19)18-6-4-2-3-5-7-18)20-12-16-10(13)15-11(14)17-12/h8H,2-7H2,1H3,(H4,13,14,15,16,17)/t8-/m0/s1. The molecule has 0 unspecified atom stereocenters. The number of thioether (sulfide) groups is 1. The van der Waals surface area contributed by atoms with Crippen LogP contribution < -0.4 is 11.5 Å². The third-order valence-corrected chi connectivity index (χ3v) is 4.15. The lowest BCUT2D eigenvalue weighted by molar-refractivity contribution is -0.130. The number of likely N-dealkylation sites (tertiary alicyclic amines) is 1. The molecule has 0 bridgehead atoms. The van der Waals surface area contributed by atoms with Gasteiger partial charge in [0.15, 0.2) is 5.16 Å². The molecule has 0 saturated carbocycles. The van der Waals surface area contributed by atoms with E-state index in [1.807, 2.05) is 11.8 Å². The van der Waals surface area contributed by atoms with Crippen LogP contribution in [0.25, 0.3) is 0 Å². The molecule has 1 aliphatic heterocycles. The van der Waals surface area contributed by atoms with Gasteiger partial charge in [0.25, 0.3) is 0 Å². The monoisotopic (exact) mass is 296 g/mol. The zero-order valence-electron chi connectivity index (χ0n) is 11.6. The summed E-state index contributed by atoms with van der Waals surface area (Å²) in [4.78, 5) is 26.0. The second-order valence-electron chi connectivity index (χ2n) is 4.83. The Labute approximate surface area is 122 Å². The van der Waals surface area contributed by atoms with Gasteiger partial charge in [0.05, 0.1) is 5.25 Å². The molecule has 0 radical (unpaired) electrons. The fraction of sp³-hybridized carbons (Fsp3) is 0.667. The number of nitrogens with two attached hydrogens (primary N) is 2. The Kier molecular flexibility index (Phi) is 4.99. The molecule has 1 atom stereocenters. The first-order valence-electron chi connectivity index (χ1n) is 6.79. The predicted molar refractivity (Wildman–Crippen MR) is 79.0 cm³/mol. The zero-order valence-corrected chi connectivity index (χ0v) is 12.4. The predicted octanol–water partition coefficient (Wildman–Crippen LogP) is 0.919. The van der Waals surface area contributed by atoms with Gasteiger partial charge in [-0.2, -0.15) is 15.0 Å². The number of nitrogen functional groups attached to an aromatic ring is 2. The fourth-order valence-corrected chi connectivity index (χ4v) is 3.06. The molecule has 1 aromatic rings. The van der Waals surface area contributed by atoms with E-state index in [0.717, 1.165) is 25.9 Å². The van der Waals surface area contributed by atoms with Crippen molar-refractivity contribution in [3.63, 3.8) is 0 Å². The van der Waals surface area contributed by atoms with E-state index >= 15 is 0 Å². The van der Waals surface area contributed by atoms with Crippen molar-refractivity contribution in [2.75, 3.05) is 24.6 Å². The molecule has 8 heteroatoms. The molecule has 1 amide bonds. The lowest BCUT2D eigenvalue weighted by Gasteiger charge is -2.23. The number of nitrogens with zero attached hydrogens (tertiary/aromatic N) is 4. The molecule has 2 rings (SSSR count). The van der Waals surface area contributed by atoms with E-state index in [1.165, 1.54) is 24.6 Å². The largest absolute Gasteiger partial charge is 0.368 e. The number of aromatic nitrogens is 3. The first-order chi connectivity index (χ1) is 9.56. The molecular formula is C12H20N6OS. The highest BCUT2D eigenvalue weighted by atomic mass is 32.2. The quantitative estimate of drug-likeness (QED) is 0.798. The second kappa shape index (κ2) is 6.74. The minimum absolute atomic E-state index is 0.0782. The number of amides is 1. The van der Waals surface area contributed by atoms with E-state index in [2.05, 4.69) is 15.0 Å². The van der Waals surface area contributed by atoms with E-state index < -0.39 is 0 Å². The van der Waals surface area contributed by atoms with Crippen LogP contribution in [0.5, 0.6) is 0 Å². The van der Waals surface area contributed by atoms with Gasteiger partial charge in [0.2, 0.25) is 17.8 Å². The van der Waals surface area contributed by atoms with Crippen LogP contribution in [0.4, 0.5) is 11.9 Å². The molecular weight excluding hydrogens is 276 g/mol. The van der Waals surface area contributed by atoms with Crippen molar-refractivity contribution < 1.29 is 4.79 Å². The number of carbonyl (C=O) groups is 1. The van der Waals surface area contributed by atoms with E-state index in [4.69, 9.17) is 11.5 Å². The number of hydrogen-bond acceptors (Lipinski definition) is 7. The Morgan fingerprint density at radius 3 is 2.20 bits per heavy atom. The lowest BCUT2D eigenvalue weighted by atomic mass is 10.2. The highest BCUT2D eigenvalue weighted by Gasteiger charge is 2.23. The average Bonchev–Trinajstić information content (AvgIpc) is 2.65. The van der Waals surface area contributed by atoms with E-state index in [0.29, 0.717) is 5.16 Å². The Bertz CT molecular complexity index is 455. The van der Waals surface area contributed by atoms with Crippen molar-refractivity contribution >= 4 is 29.6 Å². The third kappa shape index (κ3) is 3.96. The van der Waals surface area contributed by atoms with Crippen LogP contribution in [0.2, 0.25) is 0 Å². The molecule has 20 heavy (non-hydrogen) atoms. The van der Waals surface area contributed by atoms with Gasteiger partial charge in [-0.1, -0.05) is 24.6 Å². The maximum atomic E-state index is 12.4. The van der Waals surface area contributed by atoms with Crippen LogP contribution in [0.15, 0.2) is 5.16 Å². The van der Waals surface area contributed by atoms with E-state index in [9.17, 15) is 4.79 Å². The van der Waals surface area contributed by atoms with Crippen LogP contribution in [-0.4, -0.2) is 44.1 Å². The SMILES string of the molecule is C[C@H](Sc1nc(N)nc(N)n1)C(=O)N1CCCCCC1. The van der Waals surface area contributed by atoms with Crippen molar-refractivity contribution in [3.05, 3.63) is 0 Å². The maximum Gasteiger partial charge on any atom is 0.235 e. The van der Waals surface area contributed by atoms with Gasteiger partial charge < -0.3 is 16.4 Å². The van der Waals surface area contributed by atoms with Crippen molar-refractivity contribution in [3.8, 4) is 0 Å². The van der Waals surface area contributed by atoms with Crippen molar-refractivity contribution in [1.29, 1.82) is 0 Å². The normalized spacial score (nSPS) is 17.6. The first kappa shape index (κ1) is 14.8. The number of carbonyl (C=O) groups excluding carboxylic acids is 1. The Balaban J connectivity index is 1.99. The molecule has 2 heterocycles. The molecule has 7 nitrogen and oxygen atoms in total. The molecule has 1 aromatic heterocycles. The van der Waals surface area contributed by atoms with Gasteiger partial charge in [-0.15, -0.1) is 0 Å². The summed E-state index contributed by atoms with van der Waals surface area (Å²) in [5.41, 5.74) is 11.0. The summed E-state index contributed by atoms with van der Waals surface area (Å²) in [6.45, 7) is 3.53. The Morgan fingerprint density at radius 1 is 1.10 bits per heavy atom. The third-order valence-electron chi connectivity index (χ3n) is 3.20. The van der Waals surface area contributed by atoms with Crippen LogP contribution in [0.3, 0.4) is 0 Å². The molecule has 0 aromatic carbocycles. The average molecular weight is 296 g/mol. The first-order valence-corrected chi connectivity index (χ1v) is 7.66. The summed E-state index contributed by atoms with van der Waals surface area (Å²) in [7, 11) is 0. The van der Waals surface area contributed by atoms with E-state index in [-0.39, 0.29) is 23.1 Å². The summed E-state index contributed by atoms with van der Waals surface area (Å²) in [6, 6.07) is 0.